The molecule has 1 rings (SSSR count). The van der Waals surface area contributed by atoms with Crippen molar-refractivity contribution < 1.29 is 30.7 Å². The Morgan fingerprint density at radius 2 is 1.33 bits per heavy atom. The molecule has 1 aromatic heterocycles. The number of nitrogens with zero attached hydrogens (tertiary/aromatic N) is 1. The molecule has 0 atom stereocenters. The second kappa shape index (κ2) is 4.41. The van der Waals surface area contributed by atoms with Crippen molar-refractivity contribution in [3.8, 4) is 0 Å². The van der Waals surface area contributed by atoms with E-state index in [-0.39, 0.29) is 12.3 Å². The highest BCUT2D eigenvalue weighted by Gasteiger charge is 2.73. The van der Waals surface area contributed by atoms with Crippen LogP contribution in [-0.4, -0.2) is 17.3 Å². The van der Waals surface area contributed by atoms with Crippen molar-refractivity contribution in [1.29, 1.82) is 0 Å². The van der Waals surface area contributed by atoms with E-state index in [1.165, 1.54) is 0 Å². The van der Waals surface area contributed by atoms with Gasteiger partial charge in [-0.25, -0.2) is 9.37 Å². The van der Waals surface area contributed by atoms with Gasteiger partial charge in [0.2, 0.25) is 0 Å². The van der Waals surface area contributed by atoms with E-state index in [0.717, 1.165) is 0 Å². The number of aromatic nitrogens is 1. The topological polar surface area (TPSA) is 12.9 Å². The van der Waals surface area contributed by atoms with Crippen molar-refractivity contribution in [2.75, 3.05) is 0 Å². The molecule has 0 radical (unpaired) electrons. The summed E-state index contributed by atoms with van der Waals surface area (Å²) >= 11 is 10.5. The summed E-state index contributed by atoms with van der Waals surface area (Å²) in [4.78, 5) is 2.97. The van der Waals surface area contributed by atoms with Gasteiger partial charge < -0.3 is 0 Å². The van der Waals surface area contributed by atoms with Crippen molar-refractivity contribution in [2.45, 2.75) is 18.0 Å². The van der Waals surface area contributed by atoms with Crippen molar-refractivity contribution in [1.82, 2.24) is 4.98 Å². The molecule has 0 unspecified atom stereocenters. The minimum Gasteiger partial charge on any atom is -0.243 e. The number of halogens is 9. The Bertz CT molecular complexity index is 440. The molecule has 1 nitrogen and oxygen atoms in total. The van der Waals surface area contributed by atoms with Crippen LogP contribution in [-0.2, 0) is 5.67 Å². The van der Waals surface area contributed by atoms with Gasteiger partial charge in [-0.05, 0) is 6.07 Å². The zero-order valence-electron chi connectivity index (χ0n) is 8.00. The van der Waals surface area contributed by atoms with Gasteiger partial charge in [-0.2, -0.15) is 26.3 Å². The van der Waals surface area contributed by atoms with E-state index >= 15 is 0 Å². The lowest BCUT2D eigenvalue weighted by molar-refractivity contribution is -0.348. The lowest BCUT2D eigenvalue weighted by atomic mass is 9.96. The van der Waals surface area contributed by atoms with Crippen LogP contribution in [0.25, 0.3) is 0 Å². The molecule has 18 heavy (non-hydrogen) atoms. The fraction of sp³-hybridized carbons (Fsp3) is 0.375. The van der Waals surface area contributed by atoms with Gasteiger partial charge in [0, 0.05) is 11.8 Å². The Morgan fingerprint density at radius 3 is 1.67 bits per heavy atom. The van der Waals surface area contributed by atoms with Crippen LogP contribution in [0.4, 0.5) is 30.7 Å². The summed E-state index contributed by atoms with van der Waals surface area (Å²) in [5, 5.41) is -1.25. The van der Waals surface area contributed by atoms with Crippen LogP contribution in [0.1, 0.15) is 5.56 Å². The third-order valence-electron chi connectivity index (χ3n) is 1.98. The molecular formula is C8H2Cl2F7N. The maximum Gasteiger partial charge on any atom is 0.436 e. The minimum absolute atomic E-state index is 0.0369. The molecule has 0 aliphatic heterocycles. The summed E-state index contributed by atoms with van der Waals surface area (Å²) in [5.41, 5.74) is -7.33. The predicted molar refractivity (Wildman–Crippen MR) is 49.2 cm³/mol. The first-order valence-corrected chi connectivity index (χ1v) is 4.80. The van der Waals surface area contributed by atoms with Crippen LogP contribution in [0.2, 0.25) is 10.2 Å². The summed E-state index contributed by atoms with van der Waals surface area (Å²) in [5.74, 6) is 0. The summed E-state index contributed by atoms with van der Waals surface area (Å²) in [7, 11) is 0. The first-order chi connectivity index (χ1) is 7.91. The van der Waals surface area contributed by atoms with E-state index in [1.54, 1.807) is 0 Å². The van der Waals surface area contributed by atoms with Crippen molar-refractivity contribution in [2.24, 2.45) is 0 Å². The van der Waals surface area contributed by atoms with Crippen molar-refractivity contribution in [3.63, 3.8) is 0 Å². The molecule has 0 bridgehead atoms. The number of pyridine rings is 1. The number of hydrogen-bond donors (Lipinski definition) is 0. The molecule has 0 spiro atoms. The predicted octanol–water partition coefficient (Wildman–Crippen LogP) is 4.68. The quantitative estimate of drug-likeness (QED) is 0.542. The zero-order valence-corrected chi connectivity index (χ0v) is 9.52. The second-order valence-corrected chi connectivity index (χ2v) is 3.92. The van der Waals surface area contributed by atoms with Gasteiger partial charge in [0.1, 0.15) is 5.15 Å². The monoisotopic (exact) mass is 315 g/mol. The normalized spacial score (nSPS) is 13.8. The Kier molecular flexibility index (Phi) is 3.75. The fourth-order valence-corrected chi connectivity index (χ4v) is 1.37. The molecule has 1 heterocycles. The SMILES string of the molecule is FC(F)(F)C(F)(c1cnc(Cl)c(Cl)c1)C(F)(F)F. The number of alkyl halides is 7. The molecule has 0 aliphatic rings. The van der Waals surface area contributed by atoms with Crippen LogP contribution >= 0.6 is 23.2 Å². The average molecular weight is 316 g/mol. The molecule has 1 aromatic rings. The first kappa shape index (κ1) is 15.3. The zero-order chi connectivity index (χ0) is 14.4. The molecule has 0 saturated heterocycles. The highest BCUT2D eigenvalue weighted by atomic mass is 35.5. The van der Waals surface area contributed by atoms with E-state index in [2.05, 4.69) is 4.98 Å². The van der Waals surface area contributed by atoms with E-state index in [0.29, 0.717) is 0 Å². The molecule has 0 saturated carbocycles. The third kappa shape index (κ3) is 2.35. The smallest absolute Gasteiger partial charge is 0.243 e. The standard InChI is InChI=1S/C8H2Cl2F7N/c9-4-1-3(2-18-5(4)10)6(11,7(12,13)14)8(15,16)17/h1-2H. The maximum atomic E-state index is 13.5. The average Bonchev–Trinajstić information content (AvgIpc) is 2.17. The second-order valence-electron chi connectivity index (χ2n) is 3.15. The largest absolute Gasteiger partial charge is 0.436 e. The fourth-order valence-electron chi connectivity index (χ4n) is 1.10. The molecule has 0 aromatic carbocycles. The highest BCUT2D eigenvalue weighted by Crippen LogP contribution is 2.53. The van der Waals surface area contributed by atoms with Crippen LogP contribution < -0.4 is 0 Å². The number of hydrogen-bond acceptors (Lipinski definition) is 1. The Hall–Kier alpha value is -0.760. The molecular weight excluding hydrogens is 314 g/mol. The lowest BCUT2D eigenvalue weighted by Crippen LogP contribution is -2.50. The van der Waals surface area contributed by atoms with Gasteiger partial charge in [-0.15, -0.1) is 0 Å². The van der Waals surface area contributed by atoms with E-state index in [9.17, 15) is 30.7 Å². The van der Waals surface area contributed by atoms with Gasteiger partial charge in [-0.3, -0.25) is 0 Å². The van der Waals surface area contributed by atoms with Gasteiger partial charge in [0.05, 0.1) is 5.02 Å². The summed E-state index contributed by atoms with van der Waals surface area (Å²) in [6.45, 7) is 0. The van der Waals surface area contributed by atoms with E-state index in [1.807, 2.05) is 0 Å². The van der Waals surface area contributed by atoms with Gasteiger partial charge in [0.15, 0.2) is 0 Å². The third-order valence-corrected chi connectivity index (χ3v) is 2.66. The van der Waals surface area contributed by atoms with E-state index in [4.69, 9.17) is 23.2 Å². The molecule has 0 amide bonds. The minimum atomic E-state index is -6.20. The summed E-state index contributed by atoms with van der Waals surface area (Å²) < 4.78 is 87.4. The summed E-state index contributed by atoms with van der Waals surface area (Å²) in [6, 6.07) is 0.137. The molecule has 0 fully saturated rings. The van der Waals surface area contributed by atoms with Crippen LogP contribution in [0, 0.1) is 0 Å². The number of rotatable bonds is 1. The Morgan fingerprint density at radius 1 is 0.889 bits per heavy atom. The molecule has 10 heteroatoms. The van der Waals surface area contributed by atoms with Crippen LogP contribution in [0.5, 0.6) is 0 Å². The van der Waals surface area contributed by atoms with Gasteiger partial charge >= 0.3 is 18.0 Å². The lowest BCUT2D eigenvalue weighted by Gasteiger charge is -2.30. The highest BCUT2D eigenvalue weighted by molar-refractivity contribution is 6.41. The van der Waals surface area contributed by atoms with E-state index < -0.39 is 33.8 Å². The van der Waals surface area contributed by atoms with Crippen molar-refractivity contribution >= 4 is 23.2 Å². The van der Waals surface area contributed by atoms with Crippen LogP contribution in [0.15, 0.2) is 12.3 Å². The maximum absolute atomic E-state index is 13.5. The van der Waals surface area contributed by atoms with Gasteiger partial charge in [-0.1, -0.05) is 23.2 Å². The first-order valence-electron chi connectivity index (χ1n) is 4.05. The molecule has 0 aliphatic carbocycles. The van der Waals surface area contributed by atoms with Crippen LogP contribution in [0.3, 0.4) is 0 Å². The summed E-state index contributed by atoms with van der Waals surface area (Å²) in [6.07, 6.45) is -12.4. The molecule has 0 N–H and O–H groups in total. The molecule has 102 valence electrons. The Balaban J connectivity index is 3.51. The van der Waals surface area contributed by atoms with Crippen molar-refractivity contribution in [3.05, 3.63) is 28.0 Å². The van der Waals surface area contributed by atoms with Gasteiger partial charge in [0.25, 0.3) is 0 Å². The Labute approximate surface area is 106 Å².